The minimum absolute atomic E-state index is 0.0141. The van der Waals surface area contributed by atoms with E-state index in [-0.39, 0.29) is 29.7 Å². The molecule has 0 unspecified atom stereocenters. The third-order valence-electron chi connectivity index (χ3n) is 2.77. The maximum Gasteiger partial charge on any atom is 0.336 e. The second-order valence-corrected chi connectivity index (χ2v) is 5.94. The van der Waals surface area contributed by atoms with E-state index in [1.807, 2.05) is 20.8 Å². The number of nitrogens with one attached hydrogen (secondary N) is 1. The van der Waals surface area contributed by atoms with Crippen molar-refractivity contribution in [2.75, 3.05) is 6.54 Å². The smallest absolute Gasteiger partial charge is 0.336 e. The van der Waals surface area contributed by atoms with Gasteiger partial charge in [0, 0.05) is 12.1 Å². The number of amides is 1. The van der Waals surface area contributed by atoms with Crippen LogP contribution in [0.15, 0.2) is 12.1 Å². The lowest BCUT2D eigenvalue weighted by Crippen LogP contribution is -2.33. The topological polar surface area (TPSA) is 133 Å². The normalized spacial score (nSPS) is 10.7. The zero-order valence-corrected chi connectivity index (χ0v) is 12.8. The van der Waals surface area contributed by atoms with Crippen LogP contribution in [0.25, 0.3) is 0 Å². The van der Waals surface area contributed by atoms with Crippen LogP contribution in [0.1, 0.15) is 51.8 Å². The fraction of sp³-hybridized carbons (Fsp3) is 0.333. The zero-order valence-electron chi connectivity index (χ0n) is 12.8. The number of carboxylic acids is 2. The van der Waals surface area contributed by atoms with Gasteiger partial charge in [-0.25, -0.2) is 4.79 Å². The van der Waals surface area contributed by atoms with Crippen molar-refractivity contribution < 1.29 is 34.1 Å². The number of rotatable bonds is 6. The Kier molecular flexibility index (Phi) is 5.45. The van der Waals surface area contributed by atoms with E-state index in [4.69, 9.17) is 5.11 Å². The molecule has 0 spiro atoms. The molecule has 2 N–H and O–H groups in total. The Bertz CT molecular complexity index is 659. The summed E-state index contributed by atoms with van der Waals surface area (Å²) in [6.07, 6.45) is 0. The molecule has 23 heavy (non-hydrogen) atoms. The fourth-order valence-corrected chi connectivity index (χ4v) is 1.69. The molecule has 1 amide bonds. The third kappa shape index (κ3) is 4.80. The number of carbonyl (C=O) groups excluding carboxylic acids is 3. The largest absolute Gasteiger partial charge is 0.545 e. The maximum atomic E-state index is 12.2. The first-order valence-corrected chi connectivity index (χ1v) is 6.58. The lowest BCUT2D eigenvalue weighted by atomic mass is 9.96. The van der Waals surface area contributed by atoms with E-state index < -0.39 is 29.0 Å². The molecule has 0 atom stereocenters. The molecule has 0 saturated carbocycles. The summed E-state index contributed by atoms with van der Waals surface area (Å²) in [4.78, 5) is 44.9. The monoisotopic (exact) mass is 322 g/mol. The number of carboxylic acid groups (broad SMARTS) is 2. The summed E-state index contributed by atoms with van der Waals surface area (Å²) in [6, 6.07) is 1.61. The maximum absolute atomic E-state index is 12.2. The van der Waals surface area contributed by atoms with Crippen molar-refractivity contribution in [2.45, 2.75) is 20.8 Å². The van der Waals surface area contributed by atoms with Gasteiger partial charge in [0.1, 0.15) is 5.75 Å². The Labute approximate surface area is 132 Å². The Balaban J connectivity index is 3.36. The van der Waals surface area contributed by atoms with E-state index in [9.17, 15) is 24.3 Å². The van der Waals surface area contributed by atoms with Crippen molar-refractivity contribution in [2.24, 2.45) is 5.41 Å². The predicted molar refractivity (Wildman–Crippen MR) is 76.2 cm³/mol. The molecule has 0 radical (unpaired) electrons. The molecular weight excluding hydrogens is 306 g/mol. The van der Waals surface area contributed by atoms with E-state index in [1.54, 1.807) is 0 Å². The van der Waals surface area contributed by atoms with Crippen molar-refractivity contribution in [3.63, 3.8) is 0 Å². The Morgan fingerprint density at radius 2 is 1.83 bits per heavy atom. The van der Waals surface area contributed by atoms with Gasteiger partial charge in [-0.15, -0.1) is 0 Å². The highest BCUT2D eigenvalue weighted by molar-refractivity contribution is 6.06. The summed E-state index contributed by atoms with van der Waals surface area (Å²) in [7, 11) is 0. The van der Waals surface area contributed by atoms with Gasteiger partial charge in [0.15, 0.2) is 0 Å². The Morgan fingerprint density at radius 3 is 2.26 bits per heavy atom. The lowest BCUT2D eigenvalue weighted by Gasteiger charge is -2.19. The Hall–Kier alpha value is -2.90. The van der Waals surface area contributed by atoms with Gasteiger partial charge >= 0.3 is 5.97 Å². The minimum Gasteiger partial charge on any atom is -0.545 e. The van der Waals surface area contributed by atoms with Crippen LogP contribution in [0.2, 0.25) is 0 Å². The van der Waals surface area contributed by atoms with Crippen LogP contribution >= 0.6 is 0 Å². The van der Waals surface area contributed by atoms with Crippen LogP contribution < -0.4 is 15.2 Å². The summed E-state index contributed by atoms with van der Waals surface area (Å²) in [5.41, 5.74) is -1.84. The van der Waals surface area contributed by atoms with E-state index >= 15 is 0 Å². The first-order chi connectivity index (χ1) is 10.6. The Morgan fingerprint density at radius 1 is 1.22 bits per heavy atom. The van der Waals surface area contributed by atoms with E-state index in [2.05, 4.69) is 10.1 Å². The van der Waals surface area contributed by atoms with Gasteiger partial charge in [-0.05, 0) is 17.5 Å². The highest BCUT2D eigenvalue weighted by atomic mass is 16.5. The number of ether oxygens (including phenoxy) is 1. The van der Waals surface area contributed by atoms with Gasteiger partial charge in [-0.3, -0.25) is 9.59 Å². The van der Waals surface area contributed by atoms with Gasteiger partial charge in [0.25, 0.3) is 12.4 Å². The molecule has 0 fully saturated rings. The summed E-state index contributed by atoms with van der Waals surface area (Å²) in [6.45, 7) is 5.90. The standard InChI is InChI=1S/C15H17NO7/c1-15(2,3)6-16-12(18)10-4-8(13(19)20)9(14(21)22)5-11(10)23-7-17/h4-5,7H,6H2,1-3H3,(H,16,18)(H,19,20)(H,21,22)/p-1. The second kappa shape index (κ2) is 6.91. The first-order valence-electron chi connectivity index (χ1n) is 6.58. The number of hydrogen-bond acceptors (Lipinski definition) is 6. The van der Waals surface area contributed by atoms with Gasteiger partial charge in [0.2, 0.25) is 0 Å². The quantitative estimate of drug-likeness (QED) is 0.707. The summed E-state index contributed by atoms with van der Waals surface area (Å²) in [5.74, 6) is -4.36. The molecule has 0 aromatic heterocycles. The molecule has 0 aliphatic carbocycles. The fourth-order valence-electron chi connectivity index (χ4n) is 1.69. The van der Waals surface area contributed by atoms with Crippen molar-refractivity contribution in [1.29, 1.82) is 0 Å². The summed E-state index contributed by atoms with van der Waals surface area (Å²) < 4.78 is 4.60. The molecule has 1 rings (SSSR count). The van der Waals surface area contributed by atoms with Crippen LogP contribution in [0.5, 0.6) is 5.75 Å². The lowest BCUT2D eigenvalue weighted by molar-refractivity contribution is -0.255. The van der Waals surface area contributed by atoms with Crippen molar-refractivity contribution in [1.82, 2.24) is 5.32 Å². The predicted octanol–water partition coefficient (Wildman–Crippen LogP) is 0.0594. The number of hydrogen-bond donors (Lipinski definition) is 2. The molecule has 1 aromatic carbocycles. The average molecular weight is 322 g/mol. The van der Waals surface area contributed by atoms with Crippen LogP contribution in [0.4, 0.5) is 0 Å². The van der Waals surface area contributed by atoms with Gasteiger partial charge in [0.05, 0.1) is 17.1 Å². The second-order valence-electron chi connectivity index (χ2n) is 5.94. The first kappa shape index (κ1) is 18.1. The molecule has 0 aliphatic rings. The van der Waals surface area contributed by atoms with Crippen molar-refractivity contribution >= 4 is 24.3 Å². The van der Waals surface area contributed by atoms with Crippen LogP contribution in [-0.2, 0) is 4.79 Å². The molecule has 8 heteroatoms. The molecule has 1 aromatic rings. The van der Waals surface area contributed by atoms with E-state index in [0.29, 0.717) is 0 Å². The molecular formula is C15H16NO7-. The van der Waals surface area contributed by atoms with E-state index in [1.165, 1.54) is 0 Å². The molecule has 124 valence electrons. The SMILES string of the molecule is CC(C)(C)CNC(=O)c1cc(C(=O)[O-])c(C(=O)O)cc1OC=O. The third-order valence-corrected chi connectivity index (χ3v) is 2.77. The number of aromatic carboxylic acids is 2. The van der Waals surface area contributed by atoms with Gasteiger partial charge in [-0.1, -0.05) is 20.8 Å². The zero-order chi connectivity index (χ0) is 17.8. The molecule has 0 heterocycles. The van der Waals surface area contributed by atoms with E-state index in [0.717, 1.165) is 12.1 Å². The number of benzene rings is 1. The highest BCUT2D eigenvalue weighted by Gasteiger charge is 2.22. The van der Waals surface area contributed by atoms with Crippen LogP contribution in [-0.4, -0.2) is 36.0 Å². The molecule has 0 saturated heterocycles. The van der Waals surface area contributed by atoms with Crippen LogP contribution in [0, 0.1) is 5.41 Å². The summed E-state index contributed by atoms with van der Waals surface area (Å²) in [5, 5.41) is 22.6. The summed E-state index contributed by atoms with van der Waals surface area (Å²) >= 11 is 0. The van der Waals surface area contributed by atoms with Crippen molar-refractivity contribution in [3.05, 3.63) is 28.8 Å². The van der Waals surface area contributed by atoms with Gasteiger partial charge < -0.3 is 25.1 Å². The molecule has 0 bridgehead atoms. The highest BCUT2D eigenvalue weighted by Crippen LogP contribution is 2.24. The average Bonchev–Trinajstić information content (AvgIpc) is 2.43. The number of carbonyl (C=O) groups is 4. The van der Waals surface area contributed by atoms with Crippen LogP contribution in [0.3, 0.4) is 0 Å². The molecule has 0 aliphatic heterocycles. The molecule has 8 nitrogen and oxygen atoms in total. The van der Waals surface area contributed by atoms with Gasteiger partial charge in [-0.2, -0.15) is 0 Å². The minimum atomic E-state index is -1.76. The van der Waals surface area contributed by atoms with Crippen molar-refractivity contribution in [3.8, 4) is 5.75 Å².